The van der Waals surface area contributed by atoms with Crippen molar-refractivity contribution in [2.45, 2.75) is 0 Å². The molecule has 0 amide bonds. The third-order valence-corrected chi connectivity index (χ3v) is 3.32. The van der Waals surface area contributed by atoms with E-state index in [4.69, 9.17) is 4.74 Å². The van der Waals surface area contributed by atoms with E-state index >= 15 is 0 Å². The van der Waals surface area contributed by atoms with Crippen molar-refractivity contribution in [3.8, 4) is 5.75 Å². The molecule has 0 radical (unpaired) electrons. The summed E-state index contributed by atoms with van der Waals surface area (Å²) in [5.41, 5.74) is 0.916. The predicted octanol–water partition coefficient (Wildman–Crippen LogP) is 4.36. The van der Waals surface area contributed by atoms with Gasteiger partial charge in [0.05, 0.1) is 12.8 Å². The van der Waals surface area contributed by atoms with E-state index < -0.39 is 0 Å². The molecule has 2 aromatic rings. The molecule has 1 aromatic carbocycles. The Morgan fingerprint density at radius 3 is 2.65 bits per heavy atom. The summed E-state index contributed by atoms with van der Waals surface area (Å²) >= 11 is 6.83. The van der Waals surface area contributed by atoms with E-state index in [1.54, 1.807) is 13.3 Å². The van der Waals surface area contributed by atoms with E-state index in [1.807, 2.05) is 30.3 Å². The lowest BCUT2D eigenvalue weighted by molar-refractivity contribution is 0.415. The van der Waals surface area contributed by atoms with Crippen LogP contribution in [0.2, 0.25) is 0 Å². The zero-order valence-electron chi connectivity index (χ0n) is 9.08. The van der Waals surface area contributed by atoms with Gasteiger partial charge in [-0.05, 0) is 56.1 Å². The Kier molecular flexibility index (Phi) is 4.02. The highest BCUT2D eigenvalue weighted by Crippen LogP contribution is 2.29. The Morgan fingerprint density at radius 2 is 2.00 bits per heavy atom. The van der Waals surface area contributed by atoms with Gasteiger partial charge in [0.15, 0.2) is 0 Å². The SMILES string of the molecule is COc1ccc(Br)c(Nc2ccc(Br)cn2)c1. The van der Waals surface area contributed by atoms with Crippen LogP contribution < -0.4 is 10.1 Å². The van der Waals surface area contributed by atoms with Gasteiger partial charge in [0, 0.05) is 21.2 Å². The highest BCUT2D eigenvalue weighted by atomic mass is 79.9. The molecule has 1 aromatic heterocycles. The summed E-state index contributed by atoms with van der Waals surface area (Å²) in [4.78, 5) is 4.25. The van der Waals surface area contributed by atoms with Crippen molar-refractivity contribution < 1.29 is 4.74 Å². The number of nitrogens with zero attached hydrogens (tertiary/aromatic N) is 1. The lowest BCUT2D eigenvalue weighted by Crippen LogP contribution is -1.94. The van der Waals surface area contributed by atoms with E-state index in [1.165, 1.54) is 0 Å². The fraction of sp³-hybridized carbons (Fsp3) is 0.0833. The van der Waals surface area contributed by atoms with E-state index in [0.717, 1.165) is 26.2 Å². The highest BCUT2D eigenvalue weighted by molar-refractivity contribution is 9.10. The normalized spacial score (nSPS) is 10.1. The Bertz CT molecular complexity index is 514. The quantitative estimate of drug-likeness (QED) is 0.886. The van der Waals surface area contributed by atoms with Gasteiger partial charge in [-0.3, -0.25) is 0 Å². The van der Waals surface area contributed by atoms with Crippen molar-refractivity contribution >= 4 is 43.4 Å². The van der Waals surface area contributed by atoms with Crippen molar-refractivity contribution in [2.75, 3.05) is 12.4 Å². The minimum Gasteiger partial charge on any atom is -0.497 e. The van der Waals surface area contributed by atoms with Gasteiger partial charge in [-0.2, -0.15) is 0 Å². The minimum absolute atomic E-state index is 0.780. The van der Waals surface area contributed by atoms with Gasteiger partial charge in [-0.15, -0.1) is 0 Å². The van der Waals surface area contributed by atoms with Gasteiger partial charge in [0.2, 0.25) is 0 Å². The second kappa shape index (κ2) is 5.51. The summed E-state index contributed by atoms with van der Waals surface area (Å²) in [6, 6.07) is 9.57. The van der Waals surface area contributed by atoms with Gasteiger partial charge >= 0.3 is 0 Å². The standard InChI is InChI=1S/C12H10Br2N2O/c1-17-9-3-4-10(14)11(6-9)16-12-5-2-8(13)7-15-12/h2-7H,1H3,(H,15,16). The number of halogens is 2. The molecular weight excluding hydrogens is 348 g/mol. The molecule has 17 heavy (non-hydrogen) atoms. The zero-order chi connectivity index (χ0) is 12.3. The molecule has 0 spiro atoms. The van der Waals surface area contributed by atoms with Crippen LogP contribution in [0.25, 0.3) is 0 Å². The average Bonchev–Trinajstić information content (AvgIpc) is 2.35. The van der Waals surface area contributed by atoms with Crippen LogP contribution in [0.4, 0.5) is 11.5 Å². The molecule has 5 heteroatoms. The summed E-state index contributed by atoms with van der Waals surface area (Å²) in [6.45, 7) is 0. The first kappa shape index (κ1) is 12.4. The maximum atomic E-state index is 5.18. The smallest absolute Gasteiger partial charge is 0.130 e. The number of hydrogen-bond acceptors (Lipinski definition) is 3. The van der Waals surface area contributed by atoms with Crippen molar-refractivity contribution in [3.05, 3.63) is 45.5 Å². The second-order valence-corrected chi connectivity index (χ2v) is 5.10. The zero-order valence-corrected chi connectivity index (χ0v) is 12.2. The largest absolute Gasteiger partial charge is 0.497 e. The van der Waals surface area contributed by atoms with Crippen LogP contribution in [0.3, 0.4) is 0 Å². The molecule has 0 aliphatic carbocycles. The first-order valence-electron chi connectivity index (χ1n) is 4.91. The van der Waals surface area contributed by atoms with Gasteiger partial charge in [0.1, 0.15) is 11.6 Å². The fourth-order valence-corrected chi connectivity index (χ4v) is 1.90. The number of pyridine rings is 1. The number of benzene rings is 1. The molecule has 2 rings (SSSR count). The monoisotopic (exact) mass is 356 g/mol. The Labute approximate surface area is 116 Å². The molecule has 0 unspecified atom stereocenters. The molecule has 0 aliphatic rings. The van der Waals surface area contributed by atoms with Gasteiger partial charge in [0.25, 0.3) is 0 Å². The number of hydrogen-bond donors (Lipinski definition) is 1. The van der Waals surface area contributed by atoms with Crippen molar-refractivity contribution in [2.24, 2.45) is 0 Å². The summed E-state index contributed by atoms with van der Waals surface area (Å²) in [7, 11) is 1.64. The number of anilines is 2. The molecule has 1 N–H and O–H groups in total. The van der Waals surface area contributed by atoms with Gasteiger partial charge < -0.3 is 10.1 Å². The van der Waals surface area contributed by atoms with Crippen molar-refractivity contribution in [3.63, 3.8) is 0 Å². The maximum absolute atomic E-state index is 5.18. The highest BCUT2D eigenvalue weighted by Gasteiger charge is 2.03. The van der Waals surface area contributed by atoms with Crippen LogP contribution in [0.15, 0.2) is 45.5 Å². The van der Waals surface area contributed by atoms with E-state index in [-0.39, 0.29) is 0 Å². The van der Waals surface area contributed by atoms with Crippen LogP contribution in [0.1, 0.15) is 0 Å². The molecule has 0 aliphatic heterocycles. The van der Waals surface area contributed by atoms with Crippen LogP contribution in [0.5, 0.6) is 5.75 Å². The molecule has 3 nitrogen and oxygen atoms in total. The third kappa shape index (κ3) is 3.20. The van der Waals surface area contributed by atoms with Crippen LogP contribution in [-0.4, -0.2) is 12.1 Å². The Balaban J connectivity index is 2.25. The van der Waals surface area contributed by atoms with Crippen LogP contribution >= 0.6 is 31.9 Å². The first-order chi connectivity index (χ1) is 8.19. The fourth-order valence-electron chi connectivity index (χ4n) is 1.31. The number of methoxy groups -OCH3 is 1. The topological polar surface area (TPSA) is 34.1 Å². The van der Waals surface area contributed by atoms with E-state index in [0.29, 0.717) is 0 Å². The lowest BCUT2D eigenvalue weighted by Gasteiger charge is -2.09. The van der Waals surface area contributed by atoms with E-state index in [9.17, 15) is 0 Å². The minimum atomic E-state index is 0.780. The lowest BCUT2D eigenvalue weighted by atomic mass is 10.3. The number of rotatable bonds is 3. The average molecular weight is 358 g/mol. The molecule has 0 saturated carbocycles. The van der Waals surface area contributed by atoms with Crippen LogP contribution in [0, 0.1) is 0 Å². The van der Waals surface area contributed by atoms with Gasteiger partial charge in [-0.25, -0.2) is 4.98 Å². The number of aromatic nitrogens is 1. The molecule has 0 atom stereocenters. The first-order valence-corrected chi connectivity index (χ1v) is 6.50. The third-order valence-electron chi connectivity index (χ3n) is 2.16. The number of ether oxygens (including phenoxy) is 1. The summed E-state index contributed by atoms with van der Waals surface area (Å²) < 4.78 is 7.09. The summed E-state index contributed by atoms with van der Waals surface area (Å²) in [6.07, 6.45) is 1.75. The maximum Gasteiger partial charge on any atom is 0.130 e. The van der Waals surface area contributed by atoms with Gasteiger partial charge in [-0.1, -0.05) is 0 Å². The second-order valence-electron chi connectivity index (χ2n) is 3.33. The Morgan fingerprint density at radius 1 is 1.18 bits per heavy atom. The molecular formula is C12H10Br2N2O. The van der Waals surface area contributed by atoms with Crippen molar-refractivity contribution in [1.29, 1.82) is 0 Å². The molecule has 88 valence electrons. The van der Waals surface area contributed by atoms with Crippen molar-refractivity contribution in [1.82, 2.24) is 4.98 Å². The molecule has 0 saturated heterocycles. The molecule has 1 heterocycles. The summed E-state index contributed by atoms with van der Waals surface area (Å²) in [5, 5.41) is 3.22. The number of nitrogens with one attached hydrogen (secondary N) is 1. The van der Waals surface area contributed by atoms with E-state index in [2.05, 4.69) is 42.2 Å². The molecule has 0 bridgehead atoms. The Hall–Kier alpha value is -1.07. The predicted molar refractivity (Wildman–Crippen MR) is 75.9 cm³/mol. The summed E-state index contributed by atoms with van der Waals surface area (Å²) in [5.74, 6) is 1.58. The molecule has 0 fully saturated rings. The van der Waals surface area contributed by atoms with Crippen LogP contribution in [-0.2, 0) is 0 Å².